The maximum Gasteiger partial charge on any atom is 0.332 e. The van der Waals surface area contributed by atoms with Crippen LogP contribution in [-0.2, 0) is 23.9 Å². The molecule has 0 aromatic heterocycles. The number of carbonyl (C=O) groups is 2. The zero-order valence-corrected chi connectivity index (χ0v) is 14.9. The van der Waals surface area contributed by atoms with Crippen LogP contribution in [0.15, 0.2) is 30.3 Å². The van der Waals surface area contributed by atoms with E-state index in [0.717, 1.165) is 0 Å². The molecule has 0 aliphatic carbocycles. The van der Waals surface area contributed by atoms with Gasteiger partial charge in [-0.15, -0.1) is 11.6 Å². The lowest BCUT2D eigenvalue weighted by Crippen LogP contribution is -2.36. The van der Waals surface area contributed by atoms with Crippen LogP contribution in [0.5, 0.6) is 0 Å². The molecule has 0 aliphatic heterocycles. The van der Waals surface area contributed by atoms with Crippen molar-refractivity contribution in [3.63, 3.8) is 0 Å². The van der Waals surface area contributed by atoms with Crippen molar-refractivity contribution in [2.24, 2.45) is 11.8 Å². The number of rotatable bonds is 8. The van der Waals surface area contributed by atoms with Gasteiger partial charge in [0, 0.05) is 0 Å². The lowest BCUT2D eigenvalue weighted by atomic mass is 9.94. The molecule has 0 aliphatic rings. The van der Waals surface area contributed by atoms with E-state index in [9.17, 15) is 9.59 Å². The first kappa shape index (κ1) is 19.5. The summed E-state index contributed by atoms with van der Waals surface area (Å²) in [4.78, 5) is 23.0. The lowest BCUT2D eigenvalue weighted by molar-refractivity contribution is -0.155. The zero-order valence-electron chi connectivity index (χ0n) is 14.2. The molecule has 0 heterocycles. The summed E-state index contributed by atoms with van der Waals surface area (Å²) in [5.41, 5.74) is 0.525. The smallest absolute Gasteiger partial charge is 0.332 e. The van der Waals surface area contributed by atoms with E-state index >= 15 is 0 Å². The molecule has 0 saturated carbocycles. The van der Waals surface area contributed by atoms with Crippen LogP contribution in [0.4, 0.5) is 0 Å². The summed E-state index contributed by atoms with van der Waals surface area (Å²) >= 11 is 6.53. The highest BCUT2D eigenvalue weighted by Gasteiger charge is 2.42. The summed E-state index contributed by atoms with van der Waals surface area (Å²) in [7, 11) is 0. The van der Waals surface area contributed by atoms with Gasteiger partial charge < -0.3 is 9.47 Å². The highest BCUT2D eigenvalue weighted by atomic mass is 35.5. The number of hydrogen-bond donors (Lipinski definition) is 0. The first-order chi connectivity index (χ1) is 10.8. The van der Waals surface area contributed by atoms with Gasteiger partial charge in [-0.2, -0.15) is 0 Å². The van der Waals surface area contributed by atoms with Crippen LogP contribution in [0.25, 0.3) is 0 Å². The third-order valence-corrected chi connectivity index (χ3v) is 3.57. The van der Waals surface area contributed by atoms with Crippen LogP contribution in [0.3, 0.4) is 0 Å². The molecule has 128 valence electrons. The van der Waals surface area contributed by atoms with Crippen LogP contribution in [0.1, 0.15) is 39.7 Å². The minimum absolute atomic E-state index is 0.184. The summed E-state index contributed by atoms with van der Waals surface area (Å²) in [6.45, 7) is 8.29. The fraction of sp³-hybridized carbons (Fsp3) is 0.556. The Labute approximate surface area is 143 Å². The second-order valence-corrected chi connectivity index (χ2v) is 7.06. The largest absolute Gasteiger partial charge is 0.465 e. The molecular formula is C18H25ClO4. The summed E-state index contributed by atoms with van der Waals surface area (Å²) < 4.78 is 10.4. The minimum atomic E-state index is -1.57. The van der Waals surface area contributed by atoms with Crippen molar-refractivity contribution in [3.05, 3.63) is 35.9 Å². The Morgan fingerprint density at radius 2 is 1.52 bits per heavy atom. The predicted octanol–water partition coefficient (Wildman–Crippen LogP) is 3.91. The van der Waals surface area contributed by atoms with E-state index in [0.29, 0.717) is 12.2 Å². The Hall–Kier alpha value is -1.55. The predicted molar refractivity (Wildman–Crippen MR) is 90.2 cm³/mol. The van der Waals surface area contributed by atoms with E-state index in [1.54, 1.807) is 24.3 Å². The van der Waals surface area contributed by atoms with Gasteiger partial charge in [0.25, 0.3) is 0 Å². The molecule has 1 rings (SSSR count). The third-order valence-electron chi connectivity index (χ3n) is 3.07. The number of esters is 2. The van der Waals surface area contributed by atoms with Crippen molar-refractivity contribution in [3.8, 4) is 0 Å². The van der Waals surface area contributed by atoms with E-state index in [1.807, 2.05) is 33.8 Å². The standard InChI is InChI=1S/C18H25ClO4/c1-13(2)11-22-16(20)10-18(19,15-8-6-5-7-9-15)17(21)23-12-14(3)4/h5-9,13-14H,10-12H2,1-4H3. The molecule has 0 amide bonds. The fourth-order valence-electron chi connectivity index (χ4n) is 1.86. The van der Waals surface area contributed by atoms with Gasteiger partial charge in [0.1, 0.15) is 0 Å². The zero-order chi connectivity index (χ0) is 17.5. The van der Waals surface area contributed by atoms with Gasteiger partial charge in [-0.3, -0.25) is 4.79 Å². The summed E-state index contributed by atoms with van der Waals surface area (Å²) in [5.74, 6) is -0.739. The first-order valence-electron chi connectivity index (χ1n) is 7.83. The van der Waals surface area contributed by atoms with Crippen LogP contribution < -0.4 is 0 Å². The molecular weight excluding hydrogens is 316 g/mol. The van der Waals surface area contributed by atoms with E-state index in [1.165, 1.54) is 0 Å². The van der Waals surface area contributed by atoms with E-state index < -0.39 is 16.8 Å². The summed E-state index contributed by atoms with van der Waals surface area (Å²) in [6.07, 6.45) is -0.262. The van der Waals surface area contributed by atoms with Gasteiger partial charge in [0.2, 0.25) is 0 Å². The van der Waals surface area contributed by atoms with E-state index in [4.69, 9.17) is 21.1 Å². The summed E-state index contributed by atoms with van der Waals surface area (Å²) in [6, 6.07) is 8.76. The molecule has 1 atom stereocenters. The van der Waals surface area contributed by atoms with Gasteiger partial charge >= 0.3 is 11.9 Å². The number of ether oxygens (including phenoxy) is 2. The quantitative estimate of drug-likeness (QED) is 0.532. The van der Waals surface area contributed by atoms with Crippen molar-refractivity contribution in [1.82, 2.24) is 0 Å². The number of benzene rings is 1. The average Bonchev–Trinajstić information content (AvgIpc) is 2.51. The van der Waals surface area contributed by atoms with Crippen LogP contribution >= 0.6 is 11.6 Å². The molecule has 0 spiro atoms. The Bertz CT molecular complexity index is 513. The first-order valence-corrected chi connectivity index (χ1v) is 8.20. The minimum Gasteiger partial charge on any atom is -0.465 e. The monoisotopic (exact) mass is 340 g/mol. The molecule has 23 heavy (non-hydrogen) atoms. The van der Waals surface area contributed by atoms with Crippen molar-refractivity contribution in [2.45, 2.75) is 39.0 Å². The molecule has 0 saturated heterocycles. The topological polar surface area (TPSA) is 52.6 Å². The van der Waals surface area contributed by atoms with Crippen LogP contribution in [-0.4, -0.2) is 25.2 Å². The summed E-state index contributed by atoms with van der Waals surface area (Å²) in [5, 5.41) is 0. The molecule has 1 unspecified atom stereocenters. The third kappa shape index (κ3) is 6.22. The maximum absolute atomic E-state index is 12.5. The van der Waals surface area contributed by atoms with Gasteiger partial charge in [-0.25, -0.2) is 4.79 Å². The van der Waals surface area contributed by atoms with E-state index in [2.05, 4.69) is 0 Å². The van der Waals surface area contributed by atoms with Gasteiger partial charge in [0.05, 0.1) is 19.6 Å². The molecule has 0 radical (unpaired) electrons. The molecule has 0 bridgehead atoms. The highest BCUT2D eigenvalue weighted by molar-refractivity contribution is 6.35. The Morgan fingerprint density at radius 3 is 2.04 bits per heavy atom. The Kier molecular flexibility index (Phi) is 7.56. The fourth-order valence-corrected chi connectivity index (χ4v) is 2.15. The molecule has 0 fully saturated rings. The average molecular weight is 341 g/mol. The normalized spacial score (nSPS) is 13.7. The molecule has 4 nitrogen and oxygen atoms in total. The number of alkyl halides is 1. The maximum atomic E-state index is 12.5. The number of halogens is 1. The Morgan fingerprint density at radius 1 is 1.00 bits per heavy atom. The highest BCUT2D eigenvalue weighted by Crippen LogP contribution is 2.35. The SMILES string of the molecule is CC(C)COC(=O)CC(Cl)(C(=O)OCC(C)C)c1ccccc1. The van der Waals surface area contributed by atoms with Gasteiger partial charge in [-0.1, -0.05) is 58.0 Å². The number of hydrogen-bond acceptors (Lipinski definition) is 4. The van der Waals surface area contributed by atoms with Gasteiger partial charge in [-0.05, 0) is 17.4 Å². The lowest BCUT2D eigenvalue weighted by Gasteiger charge is -2.25. The van der Waals surface area contributed by atoms with Gasteiger partial charge in [0.15, 0.2) is 4.87 Å². The van der Waals surface area contributed by atoms with Crippen molar-refractivity contribution >= 4 is 23.5 Å². The van der Waals surface area contributed by atoms with Crippen molar-refractivity contribution in [2.75, 3.05) is 13.2 Å². The van der Waals surface area contributed by atoms with Crippen LogP contribution in [0.2, 0.25) is 0 Å². The second-order valence-electron chi connectivity index (χ2n) is 6.41. The molecule has 1 aromatic carbocycles. The van der Waals surface area contributed by atoms with Crippen molar-refractivity contribution in [1.29, 1.82) is 0 Å². The number of carbonyl (C=O) groups excluding carboxylic acids is 2. The molecule has 0 N–H and O–H groups in total. The van der Waals surface area contributed by atoms with E-state index in [-0.39, 0.29) is 24.9 Å². The Balaban J connectivity index is 2.93. The second kappa shape index (κ2) is 8.92. The van der Waals surface area contributed by atoms with Crippen LogP contribution in [0, 0.1) is 11.8 Å². The van der Waals surface area contributed by atoms with Crippen molar-refractivity contribution < 1.29 is 19.1 Å². The molecule has 5 heteroatoms. The molecule has 1 aromatic rings.